The Kier molecular flexibility index (Phi) is 9.73. The average Bonchev–Trinajstić information content (AvgIpc) is 2.76. The zero-order valence-electron chi connectivity index (χ0n) is 21.4. The number of hydrogen-bond acceptors (Lipinski definition) is 5. The fourth-order valence-electron chi connectivity index (χ4n) is 4.24. The number of piperidine rings is 1. The maximum Gasteiger partial charge on any atom is 0.315 e. The Hall–Kier alpha value is -1.48. The van der Waals surface area contributed by atoms with Crippen LogP contribution in [0, 0.1) is 11.3 Å². The van der Waals surface area contributed by atoms with Gasteiger partial charge in [-0.3, -0.25) is 4.79 Å². The van der Waals surface area contributed by atoms with Crippen molar-refractivity contribution in [3.05, 3.63) is 34.9 Å². The number of carbonyl (C=O) groups is 2. The van der Waals surface area contributed by atoms with Gasteiger partial charge in [0.1, 0.15) is 6.04 Å². The summed E-state index contributed by atoms with van der Waals surface area (Å²) >= 11 is 7.60. The van der Waals surface area contributed by atoms with Gasteiger partial charge in [0.15, 0.2) is 0 Å². The molecule has 0 saturated carbocycles. The van der Waals surface area contributed by atoms with Crippen molar-refractivity contribution in [2.75, 3.05) is 31.8 Å². The molecule has 3 N–H and O–H groups in total. The van der Waals surface area contributed by atoms with Gasteiger partial charge in [0, 0.05) is 30.1 Å². The Morgan fingerprint density at radius 3 is 2.41 bits per heavy atom. The molecule has 3 amide bonds. The number of nitrogens with one attached hydrogen (secondary N) is 2. The van der Waals surface area contributed by atoms with Crippen LogP contribution in [0.2, 0.25) is 5.02 Å². The Morgan fingerprint density at radius 2 is 1.88 bits per heavy atom. The van der Waals surface area contributed by atoms with Crippen LogP contribution in [0.25, 0.3) is 0 Å². The number of hydrogen-bond donors (Lipinski definition) is 3. The van der Waals surface area contributed by atoms with Gasteiger partial charge in [-0.05, 0) is 50.1 Å². The van der Waals surface area contributed by atoms with Crippen molar-refractivity contribution in [3.8, 4) is 0 Å². The Labute approximate surface area is 213 Å². The van der Waals surface area contributed by atoms with Crippen LogP contribution < -0.4 is 10.6 Å². The number of halogens is 1. The standard InChI is InChI=1S/C25H40ClN3O4S/c1-17(2)20(28-22(31)27-14-24(5,6)33-16-34-7)21(30)29-13-12-25(32,23(3,4)15-29)18-8-10-19(26)11-9-18/h8-11,17,20,32H,12-16H2,1-7H3,(H2,27,28,31). The van der Waals surface area contributed by atoms with Crippen molar-refractivity contribution < 1.29 is 19.4 Å². The number of aliphatic hydroxyl groups is 1. The number of benzene rings is 1. The molecule has 1 aliphatic heterocycles. The summed E-state index contributed by atoms with van der Waals surface area (Å²) in [6.45, 7) is 12.6. The van der Waals surface area contributed by atoms with Crippen molar-refractivity contribution in [1.29, 1.82) is 0 Å². The molecular formula is C25H40ClN3O4S. The van der Waals surface area contributed by atoms with Crippen LogP contribution in [0.1, 0.15) is 53.5 Å². The van der Waals surface area contributed by atoms with Gasteiger partial charge in [-0.15, -0.1) is 11.8 Å². The molecule has 34 heavy (non-hydrogen) atoms. The first-order valence-corrected chi connectivity index (χ1v) is 13.4. The van der Waals surface area contributed by atoms with Crippen LogP contribution in [0.5, 0.6) is 0 Å². The molecule has 1 aromatic rings. The van der Waals surface area contributed by atoms with E-state index in [9.17, 15) is 14.7 Å². The molecule has 1 aliphatic rings. The molecule has 2 rings (SSSR count). The molecule has 0 spiro atoms. The lowest BCUT2D eigenvalue weighted by Gasteiger charge is -2.51. The van der Waals surface area contributed by atoms with E-state index in [1.165, 1.54) is 0 Å². The molecule has 0 aromatic heterocycles. The highest BCUT2D eigenvalue weighted by Gasteiger charge is 2.50. The maximum absolute atomic E-state index is 13.5. The van der Waals surface area contributed by atoms with Crippen molar-refractivity contribution in [3.63, 3.8) is 0 Å². The summed E-state index contributed by atoms with van der Waals surface area (Å²) in [5.74, 6) is 0.296. The van der Waals surface area contributed by atoms with Gasteiger partial charge in [-0.2, -0.15) is 0 Å². The van der Waals surface area contributed by atoms with Crippen LogP contribution in [0.3, 0.4) is 0 Å². The molecule has 192 valence electrons. The van der Waals surface area contributed by atoms with Crippen molar-refractivity contribution >= 4 is 35.3 Å². The Bertz CT molecular complexity index is 847. The molecule has 1 heterocycles. The summed E-state index contributed by atoms with van der Waals surface area (Å²) in [5, 5.41) is 17.9. The molecule has 0 radical (unpaired) electrons. The van der Waals surface area contributed by atoms with Crippen LogP contribution in [0.4, 0.5) is 4.79 Å². The summed E-state index contributed by atoms with van der Waals surface area (Å²) in [5.41, 5.74) is -1.41. The molecule has 0 bridgehead atoms. The predicted octanol–water partition coefficient (Wildman–Crippen LogP) is 4.23. The molecule has 1 fully saturated rings. The normalized spacial score (nSPS) is 21.3. The minimum atomic E-state index is -1.09. The van der Waals surface area contributed by atoms with E-state index < -0.39 is 28.7 Å². The Morgan fingerprint density at radius 1 is 1.26 bits per heavy atom. The van der Waals surface area contributed by atoms with Gasteiger partial charge in [-0.25, -0.2) is 4.79 Å². The van der Waals surface area contributed by atoms with E-state index in [4.69, 9.17) is 16.3 Å². The maximum atomic E-state index is 13.5. The fraction of sp³-hybridized carbons (Fsp3) is 0.680. The minimum Gasteiger partial charge on any atom is -0.384 e. The highest BCUT2D eigenvalue weighted by molar-refractivity contribution is 7.98. The molecule has 2 unspecified atom stereocenters. The number of rotatable bonds is 9. The molecule has 2 atom stereocenters. The summed E-state index contributed by atoms with van der Waals surface area (Å²) in [7, 11) is 0. The summed E-state index contributed by atoms with van der Waals surface area (Å²) < 4.78 is 5.72. The molecule has 9 heteroatoms. The summed E-state index contributed by atoms with van der Waals surface area (Å²) in [4.78, 5) is 27.8. The lowest BCUT2D eigenvalue weighted by molar-refractivity contribution is -0.155. The first kappa shape index (κ1) is 28.8. The quantitative estimate of drug-likeness (QED) is 0.430. The SMILES string of the molecule is CSCOC(C)(C)CNC(=O)NC(C(=O)N1CCC(O)(c2ccc(Cl)cc2)C(C)(C)C1)C(C)C. The second kappa shape index (κ2) is 11.5. The Balaban J connectivity index is 2.06. The van der Waals surface area contributed by atoms with E-state index in [2.05, 4.69) is 10.6 Å². The largest absolute Gasteiger partial charge is 0.384 e. The van der Waals surface area contributed by atoms with E-state index in [1.54, 1.807) is 28.8 Å². The van der Waals surface area contributed by atoms with E-state index >= 15 is 0 Å². The summed E-state index contributed by atoms with van der Waals surface area (Å²) in [6.07, 6.45) is 2.35. The molecule has 1 aromatic carbocycles. The zero-order chi connectivity index (χ0) is 25.7. The number of ether oxygens (including phenoxy) is 1. The second-order valence-corrected chi connectivity index (χ2v) is 11.9. The van der Waals surface area contributed by atoms with Crippen LogP contribution in [0.15, 0.2) is 24.3 Å². The van der Waals surface area contributed by atoms with Gasteiger partial charge < -0.3 is 25.4 Å². The van der Waals surface area contributed by atoms with Crippen molar-refractivity contribution in [1.82, 2.24) is 15.5 Å². The molecule has 0 aliphatic carbocycles. The number of likely N-dealkylation sites (tertiary alicyclic amines) is 1. The van der Waals surface area contributed by atoms with Gasteiger partial charge >= 0.3 is 6.03 Å². The number of amides is 3. The number of carbonyl (C=O) groups excluding carboxylic acids is 2. The predicted molar refractivity (Wildman–Crippen MR) is 139 cm³/mol. The molecular weight excluding hydrogens is 474 g/mol. The monoisotopic (exact) mass is 513 g/mol. The third-order valence-electron chi connectivity index (χ3n) is 6.54. The highest BCUT2D eigenvalue weighted by Crippen LogP contribution is 2.46. The van der Waals surface area contributed by atoms with E-state index in [-0.39, 0.29) is 11.8 Å². The average molecular weight is 514 g/mol. The zero-order valence-corrected chi connectivity index (χ0v) is 23.0. The lowest BCUT2D eigenvalue weighted by atomic mass is 9.66. The van der Waals surface area contributed by atoms with Crippen LogP contribution in [-0.4, -0.2) is 65.4 Å². The summed E-state index contributed by atoms with van der Waals surface area (Å²) in [6, 6.07) is 6.15. The number of urea groups is 1. The van der Waals surface area contributed by atoms with E-state index in [1.807, 2.05) is 59.9 Å². The molecule has 1 saturated heterocycles. The number of thioether (sulfide) groups is 1. The third kappa shape index (κ3) is 7.03. The van der Waals surface area contributed by atoms with Gasteiger partial charge in [0.2, 0.25) is 5.91 Å². The topological polar surface area (TPSA) is 90.9 Å². The van der Waals surface area contributed by atoms with Gasteiger partial charge in [-0.1, -0.05) is 51.4 Å². The highest BCUT2D eigenvalue weighted by atomic mass is 35.5. The van der Waals surface area contributed by atoms with Gasteiger partial charge in [0.05, 0.1) is 17.1 Å². The number of nitrogens with zero attached hydrogens (tertiary/aromatic N) is 1. The fourth-order valence-corrected chi connectivity index (χ4v) is 4.80. The third-order valence-corrected chi connectivity index (χ3v) is 7.15. The van der Waals surface area contributed by atoms with Crippen LogP contribution in [-0.2, 0) is 15.1 Å². The van der Waals surface area contributed by atoms with Gasteiger partial charge in [0.25, 0.3) is 0 Å². The minimum absolute atomic E-state index is 0.0980. The lowest BCUT2D eigenvalue weighted by Crippen LogP contribution is -2.61. The molecule has 7 nitrogen and oxygen atoms in total. The van der Waals surface area contributed by atoms with Crippen molar-refractivity contribution in [2.45, 2.75) is 65.2 Å². The second-order valence-electron chi connectivity index (χ2n) is 10.6. The first-order chi connectivity index (χ1) is 15.7. The first-order valence-electron chi connectivity index (χ1n) is 11.7. The van der Waals surface area contributed by atoms with Crippen LogP contribution >= 0.6 is 23.4 Å². The van der Waals surface area contributed by atoms with E-state index in [0.717, 1.165) is 5.56 Å². The van der Waals surface area contributed by atoms with E-state index in [0.29, 0.717) is 37.0 Å². The smallest absolute Gasteiger partial charge is 0.315 e. The van der Waals surface area contributed by atoms with Crippen molar-refractivity contribution in [2.24, 2.45) is 11.3 Å².